The largest absolute Gasteiger partial charge is 0.478 e. The van der Waals surface area contributed by atoms with Gasteiger partial charge in [-0.2, -0.15) is 0 Å². The van der Waals surface area contributed by atoms with Crippen molar-refractivity contribution in [3.8, 4) is 0 Å². The van der Waals surface area contributed by atoms with Crippen LogP contribution in [0.1, 0.15) is 52.9 Å². The Kier molecular flexibility index (Phi) is 11.8. The van der Waals surface area contributed by atoms with Gasteiger partial charge in [-0.05, 0) is 38.2 Å². The van der Waals surface area contributed by atoms with E-state index in [4.69, 9.17) is 10.2 Å². The van der Waals surface area contributed by atoms with Crippen LogP contribution < -0.4 is 0 Å². The summed E-state index contributed by atoms with van der Waals surface area (Å²) in [6, 6.07) is 0. The molecule has 0 amide bonds. The minimum Gasteiger partial charge on any atom is -0.478 e. The highest BCUT2D eigenvalue weighted by Crippen LogP contribution is 2.20. The average molecular weight is 356 g/mol. The monoisotopic (exact) mass is 356 g/mol. The first-order valence-electron chi connectivity index (χ1n) is 8.66. The molecule has 0 radical (unpaired) electrons. The molecular weight excluding hydrogens is 324 g/mol. The topological polar surface area (TPSA) is 104 Å². The summed E-state index contributed by atoms with van der Waals surface area (Å²) >= 11 is 0. The summed E-state index contributed by atoms with van der Waals surface area (Å²) < 4.78 is 4.56. The van der Waals surface area contributed by atoms with Crippen molar-refractivity contribution in [1.82, 2.24) is 0 Å². The maximum absolute atomic E-state index is 11.4. The molecule has 6 heteroatoms. The number of esters is 1. The van der Waals surface area contributed by atoms with Crippen LogP contribution in [0.5, 0.6) is 0 Å². The van der Waals surface area contributed by atoms with Gasteiger partial charge in [-0.25, -0.2) is 4.79 Å². The Balaban J connectivity index is 4.19. The quantitative estimate of drug-likeness (QED) is 0.215. The van der Waals surface area contributed by atoms with Gasteiger partial charge in [0.15, 0.2) is 0 Å². The molecule has 0 aromatic heterocycles. The standard InChI is InChI=1S/C19H32O6/c1-13(9-14(2)10-15(3)11-18(22)23)7-5-6-8-17(21)16(12-20)19(24)25-4/h10-11,13,16-17,20-21H,5-9,12H2,1-4H3,(H,22,23)/b14-10+,15-11+. The number of unbranched alkanes of at least 4 members (excludes halogenated alkanes) is 1. The van der Waals surface area contributed by atoms with Gasteiger partial charge in [0, 0.05) is 6.08 Å². The molecule has 144 valence electrons. The van der Waals surface area contributed by atoms with Gasteiger partial charge in [-0.15, -0.1) is 0 Å². The van der Waals surface area contributed by atoms with E-state index in [0.717, 1.165) is 36.8 Å². The molecule has 0 saturated heterocycles. The third-order valence-electron chi connectivity index (χ3n) is 4.11. The lowest BCUT2D eigenvalue weighted by molar-refractivity contribution is -0.151. The van der Waals surface area contributed by atoms with E-state index in [1.165, 1.54) is 13.2 Å². The van der Waals surface area contributed by atoms with Crippen LogP contribution in [0.3, 0.4) is 0 Å². The van der Waals surface area contributed by atoms with E-state index >= 15 is 0 Å². The number of carbonyl (C=O) groups is 2. The molecule has 3 atom stereocenters. The highest BCUT2D eigenvalue weighted by atomic mass is 16.5. The van der Waals surface area contributed by atoms with Crippen LogP contribution in [-0.4, -0.2) is 47.1 Å². The van der Waals surface area contributed by atoms with Crippen molar-refractivity contribution in [2.45, 2.75) is 59.0 Å². The second-order valence-corrected chi connectivity index (χ2v) is 6.69. The number of rotatable bonds is 12. The van der Waals surface area contributed by atoms with Crippen LogP contribution in [-0.2, 0) is 14.3 Å². The number of carbonyl (C=O) groups excluding carboxylic acids is 1. The Morgan fingerprint density at radius 3 is 2.24 bits per heavy atom. The van der Waals surface area contributed by atoms with Gasteiger partial charge in [0.25, 0.3) is 0 Å². The van der Waals surface area contributed by atoms with Gasteiger partial charge >= 0.3 is 11.9 Å². The van der Waals surface area contributed by atoms with Crippen molar-refractivity contribution in [3.05, 3.63) is 23.3 Å². The van der Waals surface area contributed by atoms with E-state index in [-0.39, 0.29) is 0 Å². The lowest BCUT2D eigenvalue weighted by atomic mass is 9.93. The molecule has 0 rings (SSSR count). The summed E-state index contributed by atoms with van der Waals surface area (Å²) in [4.78, 5) is 22.0. The van der Waals surface area contributed by atoms with Gasteiger partial charge in [0.05, 0.1) is 19.8 Å². The van der Waals surface area contributed by atoms with E-state index in [0.29, 0.717) is 12.3 Å². The molecule has 0 heterocycles. The number of aliphatic hydroxyl groups excluding tert-OH is 2. The number of hydrogen-bond donors (Lipinski definition) is 3. The van der Waals surface area contributed by atoms with E-state index in [2.05, 4.69) is 11.7 Å². The molecule has 6 nitrogen and oxygen atoms in total. The third-order valence-corrected chi connectivity index (χ3v) is 4.11. The summed E-state index contributed by atoms with van der Waals surface area (Å²) in [5.74, 6) is -1.97. The molecule has 3 N–H and O–H groups in total. The molecule has 25 heavy (non-hydrogen) atoms. The Labute approximate surface area is 150 Å². The smallest absolute Gasteiger partial charge is 0.328 e. The van der Waals surface area contributed by atoms with E-state index in [1.807, 2.05) is 13.0 Å². The van der Waals surface area contributed by atoms with Crippen LogP contribution in [0.25, 0.3) is 0 Å². The van der Waals surface area contributed by atoms with E-state index in [9.17, 15) is 14.7 Å². The minimum atomic E-state index is -0.943. The van der Waals surface area contributed by atoms with Crippen LogP contribution in [0, 0.1) is 11.8 Å². The highest BCUT2D eigenvalue weighted by molar-refractivity contribution is 5.81. The Morgan fingerprint density at radius 1 is 1.12 bits per heavy atom. The molecular formula is C19H32O6. The Hall–Kier alpha value is -1.66. The van der Waals surface area contributed by atoms with Gasteiger partial charge < -0.3 is 20.1 Å². The second kappa shape index (κ2) is 12.7. The molecule has 0 aliphatic carbocycles. The second-order valence-electron chi connectivity index (χ2n) is 6.69. The number of allylic oxidation sites excluding steroid dienone is 3. The predicted octanol–water partition coefficient (Wildman–Crippen LogP) is 2.69. The fourth-order valence-corrected chi connectivity index (χ4v) is 2.89. The van der Waals surface area contributed by atoms with Crippen molar-refractivity contribution in [2.75, 3.05) is 13.7 Å². The number of carboxylic acids is 1. The zero-order valence-corrected chi connectivity index (χ0v) is 15.7. The number of aliphatic carboxylic acids is 1. The van der Waals surface area contributed by atoms with Crippen molar-refractivity contribution in [3.63, 3.8) is 0 Å². The van der Waals surface area contributed by atoms with Crippen molar-refractivity contribution in [2.24, 2.45) is 11.8 Å². The fourth-order valence-electron chi connectivity index (χ4n) is 2.89. The van der Waals surface area contributed by atoms with Gasteiger partial charge in [0.2, 0.25) is 0 Å². The lowest BCUT2D eigenvalue weighted by Gasteiger charge is -2.19. The average Bonchev–Trinajstić information content (AvgIpc) is 2.50. The fraction of sp³-hybridized carbons (Fsp3) is 0.684. The zero-order valence-electron chi connectivity index (χ0n) is 15.7. The molecule has 0 fully saturated rings. The van der Waals surface area contributed by atoms with Crippen LogP contribution in [0.2, 0.25) is 0 Å². The minimum absolute atomic E-state index is 0.419. The zero-order chi connectivity index (χ0) is 19.4. The van der Waals surface area contributed by atoms with Crippen molar-refractivity contribution >= 4 is 11.9 Å². The van der Waals surface area contributed by atoms with E-state index < -0.39 is 30.6 Å². The normalized spacial score (nSPS) is 16.2. The van der Waals surface area contributed by atoms with Gasteiger partial charge in [-0.3, -0.25) is 4.79 Å². The number of methoxy groups -OCH3 is 1. The molecule has 0 aromatic rings. The molecule has 0 aliphatic heterocycles. The Morgan fingerprint density at radius 2 is 1.72 bits per heavy atom. The van der Waals surface area contributed by atoms with E-state index in [1.54, 1.807) is 6.92 Å². The van der Waals surface area contributed by atoms with Gasteiger partial charge in [0.1, 0.15) is 5.92 Å². The maximum atomic E-state index is 11.4. The van der Waals surface area contributed by atoms with Crippen LogP contribution >= 0.6 is 0 Å². The summed E-state index contributed by atoms with van der Waals surface area (Å²) in [7, 11) is 1.24. The lowest BCUT2D eigenvalue weighted by Crippen LogP contribution is -2.32. The molecule has 0 aliphatic rings. The van der Waals surface area contributed by atoms with Gasteiger partial charge in [-0.1, -0.05) is 37.8 Å². The summed E-state index contributed by atoms with van der Waals surface area (Å²) in [6.07, 6.45) is 6.16. The Bertz CT molecular complexity index is 480. The third kappa shape index (κ3) is 10.7. The summed E-state index contributed by atoms with van der Waals surface area (Å²) in [5.41, 5.74) is 1.85. The number of hydrogen-bond acceptors (Lipinski definition) is 5. The molecule has 0 aromatic carbocycles. The van der Waals surface area contributed by atoms with Crippen molar-refractivity contribution in [1.29, 1.82) is 0 Å². The molecule has 3 unspecified atom stereocenters. The summed E-state index contributed by atoms with van der Waals surface area (Å²) in [5, 5.41) is 27.8. The first-order valence-corrected chi connectivity index (χ1v) is 8.66. The molecule has 0 saturated carbocycles. The summed E-state index contributed by atoms with van der Waals surface area (Å²) in [6.45, 7) is 5.47. The maximum Gasteiger partial charge on any atom is 0.328 e. The predicted molar refractivity (Wildman–Crippen MR) is 96.0 cm³/mol. The number of carboxylic acid groups (broad SMARTS) is 1. The first kappa shape index (κ1) is 23.3. The molecule has 0 bridgehead atoms. The molecule has 0 spiro atoms. The first-order chi connectivity index (χ1) is 11.7. The van der Waals surface area contributed by atoms with Crippen LogP contribution in [0.15, 0.2) is 23.3 Å². The number of aliphatic hydroxyl groups is 2. The van der Waals surface area contributed by atoms with Crippen molar-refractivity contribution < 1.29 is 29.6 Å². The number of ether oxygens (including phenoxy) is 1. The SMILES string of the molecule is COC(=O)C(CO)C(O)CCCCC(C)C/C(C)=C/C(C)=C/C(=O)O. The highest BCUT2D eigenvalue weighted by Gasteiger charge is 2.26. The van der Waals surface area contributed by atoms with Crippen LogP contribution in [0.4, 0.5) is 0 Å².